The van der Waals surface area contributed by atoms with Crippen molar-refractivity contribution in [2.24, 2.45) is 0 Å². The molecule has 1 amide bonds. The lowest BCUT2D eigenvalue weighted by Crippen LogP contribution is -2.36. The second kappa shape index (κ2) is 8.79. The maximum atomic E-state index is 13.6. The van der Waals surface area contributed by atoms with E-state index in [1.165, 1.54) is 24.4 Å². The third-order valence-corrected chi connectivity index (χ3v) is 5.60. The fourth-order valence-corrected chi connectivity index (χ4v) is 3.98. The number of H-pyrrole nitrogens is 1. The molecule has 2 aromatic carbocycles. The molecule has 1 aliphatic rings. The van der Waals surface area contributed by atoms with Crippen molar-refractivity contribution in [2.45, 2.75) is 6.18 Å². The van der Waals surface area contributed by atoms with Crippen LogP contribution in [0.5, 0.6) is 0 Å². The molecule has 1 aliphatic heterocycles. The second-order valence-corrected chi connectivity index (χ2v) is 7.81. The highest BCUT2D eigenvalue weighted by molar-refractivity contribution is 6.12. The van der Waals surface area contributed by atoms with E-state index < -0.39 is 17.6 Å². The van der Waals surface area contributed by atoms with Gasteiger partial charge in [0.2, 0.25) is 0 Å². The van der Waals surface area contributed by atoms with E-state index in [2.05, 4.69) is 25.2 Å². The molecule has 10 heteroatoms. The summed E-state index contributed by atoms with van der Waals surface area (Å²) in [4.78, 5) is 26.7. The molecule has 0 atom stereocenters. The van der Waals surface area contributed by atoms with Gasteiger partial charge < -0.3 is 19.9 Å². The van der Waals surface area contributed by atoms with Crippen molar-refractivity contribution in [3.8, 4) is 11.4 Å². The molecule has 7 nitrogen and oxygen atoms in total. The van der Waals surface area contributed by atoms with Gasteiger partial charge in [0.1, 0.15) is 11.3 Å². The molecule has 3 heterocycles. The summed E-state index contributed by atoms with van der Waals surface area (Å²) in [5.41, 5.74) is 1.36. The first-order valence-corrected chi connectivity index (χ1v) is 10.6. The largest absolute Gasteiger partial charge is 0.417 e. The average molecular weight is 467 g/mol. The molecule has 0 radical (unpaired) electrons. The van der Waals surface area contributed by atoms with Crippen molar-refractivity contribution in [1.82, 2.24) is 15.0 Å². The number of amides is 1. The fraction of sp³-hybridized carbons (Fsp3) is 0.208. The van der Waals surface area contributed by atoms with Gasteiger partial charge in [-0.15, -0.1) is 0 Å². The first kappa shape index (κ1) is 21.9. The Kier molecular flexibility index (Phi) is 5.66. The molecular weight excluding hydrogens is 447 g/mol. The van der Waals surface area contributed by atoms with Crippen LogP contribution in [0.3, 0.4) is 0 Å². The molecule has 1 saturated heterocycles. The van der Waals surface area contributed by atoms with Gasteiger partial charge >= 0.3 is 6.18 Å². The number of aromatic amines is 1. The Morgan fingerprint density at radius 1 is 1.09 bits per heavy atom. The number of pyridine rings is 1. The van der Waals surface area contributed by atoms with E-state index in [1.807, 2.05) is 0 Å². The van der Waals surface area contributed by atoms with Gasteiger partial charge in [-0.05, 0) is 30.3 Å². The number of aromatic nitrogens is 3. The molecule has 0 spiro atoms. The molecule has 4 aromatic rings. The van der Waals surface area contributed by atoms with E-state index >= 15 is 0 Å². The predicted molar refractivity (Wildman–Crippen MR) is 122 cm³/mol. The van der Waals surface area contributed by atoms with Crippen LogP contribution in [0.15, 0.2) is 60.9 Å². The van der Waals surface area contributed by atoms with Crippen molar-refractivity contribution in [3.63, 3.8) is 0 Å². The number of benzene rings is 2. The molecule has 1 fully saturated rings. The van der Waals surface area contributed by atoms with E-state index in [1.54, 1.807) is 30.5 Å². The van der Waals surface area contributed by atoms with Crippen molar-refractivity contribution in [2.75, 3.05) is 36.5 Å². The van der Waals surface area contributed by atoms with Crippen molar-refractivity contribution >= 4 is 28.3 Å². The highest BCUT2D eigenvalue weighted by atomic mass is 19.4. The fourth-order valence-electron chi connectivity index (χ4n) is 3.98. The van der Waals surface area contributed by atoms with Crippen LogP contribution in [0.1, 0.15) is 15.9 Å². The Morgan fingerprint density at radius 3 is 2.62 bits per heavy atom. The van der Waals surface area contributed by atoms with E-state index in [0.717, 1.165) is 11.8 Å². The zero-order valence-electron chi connectivity index (χ0n) is 17.9. The smallest absolute Gasteiger partial charge is 0.378 e. The zero-order valence-corrected chi connectivity index (χ0v) is 17.9. The third-order valence-electron chi connectivity index (χ3n) is 5.60. The number of anilines is 2. The summed E-state index contributed by atoms with van der Waals surface area (Å²) >= 11 is 0. The number of morpholine rings is 1. The third kappa shape index (κ3) is 4.32. The minimum Gasteiger partial charge on any atom is -0.378 e. The predicted octanol–water partition coefficient (Wildman–Crippen LogP) is 4.73. The van der Waals surface area contributed by atoms with Crippen LogP contribution in [0.2, 0.25) is 0 Å². The molecular formula is C24H20F3N5O2. The van der Waals surface area contributed by atoms with Crippen LogP contribution in [0.4, 0.5) is 24.5 Å². The Morgan fingerprint density at radius 2 is 1.88 bits per heavy atom. The topological polar surface area (TPSA) is 83.1 Å². The molecule has 0 aliphatic carbocycles. The molecule has 5 rings (SSSR count). The first-order chi connectivity index (χ1) is 16.4. The van der Waals surface area contributed by atoms with Crippen LogP contribution in [-0.2, 0) is 10.9 Å². The van der Waals surface area contributed by atoms with Gasteiger partial charge in [0, 0.05) is 30.5 Å². The maximum Gasteiger partial charge on any atom is 0.417 e. The van der Waals surface area contributed by atoms with Gasteiger partial charge in [-0.3, -0.25) is 9.78 Å². The zero-order chi connectivity index (χ0) is 23.7. The number of ether oxygens (including phenoxy) is 1. The number of carbonyl (C=O) groups excluding carboxylic acids is 1. The van der Waals surface area contributed by atoms with Crippen LogP contribution in [0.25, 0.3) is 22.4 Å². The number of carbonyl (C=O) groups is 1. The lowest BCUT2D eigenvalue weighted by molar-refractivity contribution is -0.137. The van der Waals surface area contributed by atoms with Gasteiger partial charge in [-0.25, -0.2) is 4.98 Å². The molecule has 174 valence electrons. The lowest BCUT2D eigenvalue weighted by Gasteiger charge is -2.29. The highest BCUT2D eigenvalue weighted by Gasteiger charge is 2.34. The van der Waals surface area contributed by atoms with E-state index in [9.17, 15) is 18.0 Å². The van der Waals surface area contributed by atoms with Crippen molar-refractivity contribution in [3.05, 3.63) is 72.1 Å². The van der Waals surface area contributed by atoms with Gasteiger partial charge in [0.05, 0.1) is 41.7 Å². The standard InChI is InChI=1S/C24H20F3N5O2/c25-24(26,27)19-6-2-1-5-17(19)22-30-20-13-16(32-8-10-34-11-9-32)12-18(21(20)31-22)23(33)29-15-4-3-7-28-14-15/h1-7,12-14H,8-11H2,(H,29,33)(H,30,31). The summed E-state index contributed by atoms with van der Waals surface area (Å²) in [5.74, 6) is -0.396. The van der Waals surface area contributed by atoms with Gasteiger partial charge in [-0.1, -0.05) is 18.2 Å². The number of halogens is 3. The van der Waals surface area contributed by atoms with E-state index in [0.29, 0.717) is 37.5 Å². The summed E-state index contributed by atoms with van der Waals surface area (Å²) in [6.45, 7) is 2.35. The normalized spacial score (nSPS) is 14.4. The minimum absolute atomic E-state index is 0.0393. The van der Waals surface area contributed by atoms with Gasteiger partial charge in [-0.2, -0.15) is 13.2 Å². The number of alkyl halides is 3. The number of fused-ring (bicyclic) bond motifs is 1. The van der Waals surface area contributed by atoms with Gasteiger partial charge in [0.25, 0.3) is 5.91 Å². The quantitative estimate of drug-likeness (QED) is 0.453. The van der Waals surface area contributed by atoms with Crippen LogP contribution in [0, 0.1) is 0 Å². The summed E-state index contributed by atoms with van der Waals surface area (Å²) in [6.07, 6.45) is -1.45. The van der Waals surface area contributed by atoms with Crippen molar-refractivity contribution in [1.29, 1.82) is 0 Å². The molecule has 2 N–H and O–H groups in total. The second-order valence-electron chi connectivity index (χ2n) is 7.81. The van der Waals surface area contributed by atoms with E-state index in [-0.39, 0.29) is 22.5 Å². The molecule has 0 bridgehead atoms. The lowest BCUT2D eigenvalue weighted by atomic mass is 10.1. The van der Waals surface area contributed by atoms with Crippen LogP contribution < -0.4 is 10.2 Å². The Labute approximate surface area is 192 Å². The number of rotatable bonds is 4. The molecule has 0 saturated carbocycles. The van der Waals surface area contributed by atoms with Crippen LogP contribution in [-0.4, -0.2) is 47.2 Å². The first-order valence-electron chi connectivity index (χ1n) is 10.6. The number of hydrogen-bond acceptors (Lipinski definition) is 5. The average Bonchev–Trinajstić information content (AvgIpc) is 3.28. The monoisotopic (exact) mass is 467 g/mol. The Balaban J connectivity index is 1.63. The summed E-state index contributed by atoms with van der Waals surface area (Å²) in [7, 11) is 0. The number of nitrogens with one attached hydrogen (secondary N) is 2. The minimum atomic E-state index is -4.55. The highest BCUT2D eigenvalue weighted by Crippen LogP contribution is 2.37. The number of nitrogens with zero attached hydrogens (tertiary/aromatic N) is 3. The maximum absolute atomic E-state index is 13.6. The number of hydrogen-bond donors (Lipinski definition) is 2. The van der Waals surface area contributed by atoms with E-state index in [4.69, 9.17) is 4.74 Å². The molecule has 2 aromatic heterocycles. The van der Waals surface area contributed by atoms with Gasteiger partial charge in [0.15, 0.2) is 0 Å². The Hall–Kier alpha value is -3.92. The summed E-state index contributed by atoms with van der Waals surface area (Å²) < 4.78 is 46.3. The summed E-state index contributed by atoms with van der Waals surface area (Å²) in [5, 5.41) is 2.79. The summed E-state index contributed by atoms with van der Waals surface area (Å²) in [6, 6.07) is 12.1. The van der Waals surface area contributed by atoms with Crippen LogP contribution >= 0.6 is 0 Å². The number of imidazole rings is 1. The molecule has 34 heavy (non-hydrogen) atoms. The Bertz CT molecular complexity index is 1330. The SMILES string of the molecule is O=C(Nc1cccnc1)c1cc(N2CCOCC2)cc2[nH]c(-c3ccccc3C(F)(F)F)nc12. The molecule has 0 unspecified atom stereocenters. The van der Waals surface area contributed by atoms with Crippen molar-refractivity contribution < 1.29 is 22.7 Å².